The van der Waals surface area contributed by atoms with Crippen molar-refractivity contribution < 1.29 is 9.50 Å². The molecular formula is C14H20FNO. The molecule has 17 heavy (non-hydrogen) atoms. The summed E-state index contributed by atoms with van der Waals surface area (Å²) in [4.78, 5) is 1.94. The zero-order valence-electron chi connectivity index (χ0n) is 10.7. The lowest BCUT2D eigenvalue weighted by molar-refractivity contribution is 0.199. The standard InChI is InChI=1S/C14H20FNO/c1-9-7-11(9)8-16(3)14-12(10(2)17)5-4-6-13(14)15/h4-6,9-11,17H,7-8H2,1-3H3/t9?,10-,11?/m0/s1. The van der Waals surface area contributed by atoms with Crippen LogP contribution in [0.5, 0.6) is 0 Å². The van der Waals surface area contributed by atoms with Gasteiger partial charge in [-0.3, -0.25) is 0 Å². The van der Waals surface area contributed by atoms with Crippen molar-refractivity contribution in [3.05, 3.63) is 29.6 Å². The fourth-order valence-corrected chi connectivity index (χ4v) is 2.37. The van der Waals surface area contributed by atoms with Crippen LogP contribution in [0, 0.1) is 17.7 Å². The summed E-state index contributed by atoms with van der Waals surface area (Å²) < 4.78 is 13.9. The molecule has 3 heteroatoms. The van der Waals surface area contributed by atoms with Gasteiger partial charge in [0.05, 0.1) is 11.8 Å². The zero-order valence-corrected chi connectivity index (χ0v) is 10.7. The molecule has 0 bridgehead atoms. The third kappa shape index (κ3) is 2.60. The topological polar surface area (TPSA) is 23.5 Å². The summed E-state index contributed by atoms with van der Waals surface area (Å²) in [6.07, 6.45) is 0.586. The Hall–Kier alpha value is -1.09. The van der Waals surface area contributed by atoms with Gasteiger partial charge in [-0.2, -0.15) is 0 Å². The lowest BCUT2D eigenvalue weighted by Gasteiger charge is -2.24. The molecule has 1 aliphatic carbocycles. The molecule has 1 saturated carbocycles. The normalized spacial score (nSPS) is 24.5. The molecular weight excluding hydrogens is 217 g/mol. The van der Waals surface area contributed by atoms with Crippen LogP contribution >= 0.6 is 0 Å². The van der Waals surface area contributed by atoms with E-state index in [1.165, 1.54) is 12.5 Å². The maximum atomic E-state index is 13.9. The van der Waals surface area contributed by atoms with Crippen LogP contribution in [-0.4, -0.2) is 18.7 Å². The summed E-state index contributed by atoms with van der Waals surface area (Å²) in [7, 11) is 1.90. The van der Waals surface area contributed by atoms with Crippen LogP contribution in [0.25, 0.3) is 0 Å². The number of para-hydroxylation sites is 1. The monoisotopic (exact) mass is 237 g/mol. The number of hydrogen-bond donors (Lipinski definition) is 1. The van der Waals surface area contributed by atoms with Crippen molar-refractivity contribution in [2.45, 2.75) is 26.4 Å². The van der Waals surface area contributed by atoms with E-state index in [2.05, 4.69) is 6.92 Å². The largest absolute Gasteiger partial charge is 0.389 e. The number of rotatable bonds is 4. The average molecular weight is 237 g/mol. The Balaban J connectivity index is 2.23. The highest BCUT2D eigenvalue weighted by atomic mass is 19.1. The molecule has 2 unspecified atom stereocenters. The molecule has 94 valence electrons. The van der Waals surface area contributed by atoms with E-state index in [0.717, 1.165) is 12.5 Å². The summed E-state index contributed by atoms with van der Waals surface area (Å²) in [5.41, 5.74) is 1.21. The van der Waals surface area contributed by atoms with Gasteiger partial charge in [-0.25, -0.2) is 4.39 Å². The minimum atomic E-state index is -0.639. The van der Waals surface area contributed by atoms with Crippen molar-refractivity contribution in [3.63, 3.8) is 0 Å². The van der Waals surface area contributed by atoms with Crippen LogP contribution in [0.4, 0.5) is 10.1 Å². The van der Waals surface area contributed by atoms with Gasteiger partial charge in [0.25, 0.3) is 0 Å². The highest BCUT2D eigenvalue weighted by molar-refractivity contribution is 5.55. The SMILES string of the molecule is CC1CC1CN(C)c1c(F)cccc1[C@H](C)O. The molecule has 1 fully saturated rings. The molecule has 0 heterocycles. The quantitative estimate of drug-likeness (QED) is 0.870. The van der Waals surface area contributed by atoms with Gasteiger partial charge in [0.15, 0.2) is 0 Å². The lowest BCUT2D eigenvalue weighted by atomic mass is 10.1. The number of aliphatic hydroxyl groups excluding tert-OH is 1. The van der Waals surface area contributed by atoms with E-state index in [9.17, 15) is 9.50 Å². The molecule has 1 aromatic carbocycles. The summed E-state index contributed by atoms with van der Waals surface area (Å²) in [5, 5.41) is 9.69. The van der Waals surface area contributed by atoms with Gasteiger partial charge in [-0.05, 0) is 31.2 Å². The molecule has 0 aliphatic heterocycles. The second-order valence-electron chi connectivity index (χ2n) is 5.21. The van der Waals surface area contributed by atoms with E-state index in [-0.39, 0.29) is 5.82 Å². The van der Waals surface area contributed by atoms with E-state index in [1.807, 2.05) is 11.9 Å². The second-order valence-corrected chi connectivity index (χ2v) is 5.21. The third-order valence-electron chi connectivity index (χ3n) is 3.63. The van der Waals surface area contributed by atoms with Crippen LogP contribution < -0.4 is 4.90 Å². The summed E-state index contributed by atoms with van der Waals surface area (Å²) in [6, 6.07) is 4.89. The van der Waals surface area contributed by atoms with Crippen LogP contribution in [0.1, 0.15) is 31.9 Å². The van der Waals surface area contributed by atoms with Crippen molar-refractivity contribution in [2.75, 3.05) is 18.5 Å². The Morgan fingerprint density at radius 1 is 1.53 bits per heavy atom. The fourth-order valence-electron chi connectivity index (χ4n) is 2.37. The molecule has 0 saturated heterocycles. The van der Waals surface area contributed by atoms with Gasteiger partial charge in [-0.15, -0.1) is 0 Å². The maximum Gasteiger partial charge on any atom is 0.146 e. The predicted molar refractivity (Wildman–Crippen MR) is 67.6 cm³/mol. The molecule has 1 aromatic rings. The number of aliphatic hydroxyl groups is 1. The first-order valence-corrected chi connectivity index (χ1v) is 6.18. The number of halogens is 1. The van der Waals surface area contributed by atoms with E-state index < -0.39 is 6.10 Å². The Morgan fingerprint density at radius 3 is 2.71 bits per heavy atom. The molecule has 2 rings (SSSR count). The first kappa shape index (κ1) is 12.4. The molecule has 1 N–H and O–H groups in total. The Labute approximate surface area is 102 Å². The zero-order chi connectivity index (χ0) is 12.6. The molecule has 0 radical (unpaired) electrons. The van der Waals surface area contributed by atoms with Crippen molar-refractivity contribution in [1.82, 2.24) is 0 Å². The summed E-state index contributed by atoms with van der Waals surface area (Å²) in [5.74, 6) is 1.17. The Kier molecular flexibility index (Phi) is 3.38. The molecule has 3 atom stereocenters. The molecule has 1 aliphatic rings. The first-order chi connectivity index (χ1) is 8.00. The highest BCUT2D eigenvalue weighted by Crippen LogP contribution is 2.39. The van der Waals surface area contributed by atoms with Gasteiger partial charge >= 0.3 is 0 Å². The summed E-state index contributed by atoms with van der Waals surface area (Å²) in [6.45, 7) is 4.75. The van der Waals surface area contributed by atoms with Gasteiger partial charge in [0, 0.05) is 19.2 Å². The minimum absolute atomic E-state index is 0.251. The minimum Gasteiger partial charge on any atom is -0.389 e. The van der Waals surface area contributed by atoms with E-state index in [0.29, 0.717) is 17.2 Å². The number of anilines is 1. The third-order valence-corrected chi connectivity index (χ3v) is 3.63. The molecule has 0 amide bonds. The molecule has 0 spiro atoms. The Bertz CT molecular complexity index is 405. The second kappa shape index (κ2) is 4.65. The van der Waals surface area contributed by atoms with Crippen molar-refractivity contribution in [3.8, 4) is 0 Å². The fraction of sp³-hybridized carbons (Fsp3) is 0.571. The van der Waals surface area contributed by atoms with Crippen LogP contribution in [0.15, 0.2) is 18.2 Å². The summed E-state index contributed by atoms with van der Waals surface area (Å²) >= 11 is 0. The maximum absolute atomic E-state index is 13.9. The smallest absolute Gasteiger partial charge is 0.146 e. The first-order valence-electron chi connectivity index (χ1n) is 6.18. The van der Waals surface area contributed by atoms with Gasteiger partial charge < -0.3 is 10.0 Å². The molecule has 0 aromatic heterocycles. The molecule has 2 nitrogen and oxygen atoms in total. The number of hydrogen-bond acceptors (Lipinski definition) is 2. The lowest BCUT2D eigenvalue weighted by Crippen LogP contribution is -2.23. The van der Waals surface area contributed by atoms with Crippen LogP contribution in [0.3, 0.4) is 0 Å². The average Bonchev–Trinajstić information content (AvgIpc) is 2.93. The van der Waals surface area contributed by atoms with E-state index in [1.54, 1.807) is 19.1 Å². The van der Waals surface area contributed by atoms with E-state index >= 15 is 0 Å². The predicted octanol–water partition coefficient (Wildman–Crippen LogP) is 2.97. The number of benzene rings is 1. The van der Waals surface area contributed by atoms with Crippen molar-refractivity contribution >= 4 is 5.69 Å². The van der Waals surface area contributed by atoms with Crippen molar-refractivity contribution in [1.29, 1.82) is 0 Å². The van der Waals surface area contributed by atoms with Crippen LogP contribution in [0.2, 0.25) is 0 Å². The van der Waals surface area contributed by atoms with Crippen molar-refractivity contribution in [2.24, 2.45) is 11.8 Å². The number of nitrogens with zero attached hydrogens (tertiary/aromatic N) is 1. The van der Waals surface area contributed by atoms with Gasteiger partial charge in [0.2, 0.25) is 0 Å². The van der Waals surface area contributed by atoms with Gasteiger partial charge in [0.1, 0.15) is 5.82 Å². The van der Waals surface area contributed by atoms with Crippen LogP contribution in [-0.2, 0) is 0 Å². The van der Waals surface area contributed by atoms with Gasteiger partial charge in [-0.1, -0.05) is 19.1 Å². The Morgan fingerprint density at radius 2 is 2.18 bits per heavy atom. The highest BCUT2D eigenvalue weighted by Gasteiger charge is 2.34. The van der Waals surface area contributed by atoms with E-state index in [4.69, 9.17) is 0 Å².